The highest BCUT2D eigenvalue weighted by Gasteiger charge is 2.28. The number of anilines is 2. The molecule has 0 radical (unpaired) electrons. The van der Waals surface area contributed by atoms with E-state index in [1.54, 1.807) is 4.90 Å². The van der Waals surface area contributed by atoms with Gasteiger partial charge in [-0.05, 0) is 19.2 Å². The fourth-order valence-electron chi connectivity index (χ4n) is 2.75. The van der Waals surface area contributed by atoms with E-state index in [1.807, 2.05) is 18.3 Å². The average molecular weight is 275 g/mol. The lowest BCUT2D eigenvalue weighted by Crippen LogP contribution is -2.44. The maximum atomic E-state index is 11.8. The molecule has 1 aromatic rings. The number of nitrogens with zero attached hydrogens (tertiary/aromatic N) is 4. The standard InChI is InChI=1S/C14H21N5O/c1-17-4-6-18(7-5-17)12-2-3-13(16-9-12)19-10-11(15)8-14(19)20/h2-3,9,11H,4-8,10,15H2,1H3. The van der Waals surface area contributed by atoms with Gasteiger partial charge in [-0.1, -0.05) is 0 Å². The Hall–Kier alpha value is -1.66. The smallest absolute Gasteiger partial charge is 0.229 e. The van der Waals surface area contributed by atoms with Gasteiger partial charge in [0, 0.05) is 45.2 Å². The Bertz CT molecular complexity index is 481. The number of piperazine rings is 1. The van der Waals surface area contributed by atoms with Gasteiger partial charge in [-0.15, -0.1) is 0 Å². The van der Waals surface area contributed by atoms with Gasteiger partial charge in [0.05, 0.1) is 11.9 Å². The van der Waals surface area contributed by atoms with Gasteiger partial charge in [0.2, 0.25) is 5.91 Å². The fraction of sp³-hybridized carbons (Fsp3) is 0.571. The van der Waals surface area contributed by atoms with Crippen LogP contribution in [0.4, 0.5) is 11.5 Å². The van der Waals surface area contributed by atoms with Crippen molar-refractivity contribution in [2.24, 2.45) is 5.73 Å². The summed E-state index contributed by atoms with van der Waals surface area (Å²) < 4.78 is 0. The molecule has 2 aliphatic heterocycles. The third-order valence-corrected chi connectivity index (χ3v) is 4.03. The van der Waals surface area contributed by atoms with Crippen LogP contribution in [0.3, 0.4) is 0 Å². The number of hydrogen-bond donors (Lipinski definition) is 1. The number of rotatable bonds is 2. The Balaban J connectivity index is 1.70. The van der Waals surface area contributed by atoms with Crippen molar-refractivity contribution < 1.29 is 4.79 Å². The van der Waals surface area contributed by atoms with Crippen LogP contribution in [0.15, 0.2) is 18.3 Å². The largest absolute Gasteiger partial charge is 0.368 e. The molecule has 0 aliphatic carbocycles. The highest BCUT2D eigenvalue weighted by molar-refractivity contribution is 5.95. The summed E-state index contributed by atoms with van der Waals surface area (Å²) in [6.45, 7) is 4.75. The molecule has 6 heteroatoms. The molecule has 1 aromatic heterocycles. The predicted molar refractivity (Wildman–Crippen MR) is 78.9 cm³/mol. The summed E-state index contributed by atoms with van der Waals surface area (Å²) in [5, 5.41) is 0. The van der Waals surface area contributed by atoms with Crippen LogP contribution in [0.2, 0.25) is 0 Å². The molecular weight excluding hydrogens is 254 g/mol. The minimum Gasteiger partial charge on any atom is -0.368 e. The van der Waals surface area contributed by atoms with E-state index >= 15 is 0 Å². The number of carbonyl (C=O) groups excluding carboxylic acids is 1. The maximum absolute atomic E-state index is 11.8. The topological polar surface area (TPSA) is 65.7 Å². The fourth-order valence-corrected chi connectivity index (χ4v) is 2.75. The molecule has 2 N–H and O–H groups in total. The van der Waals surface area contributed by atoms with Crippen LogP contribution >= 0.6 is 0 Å². The number of hydrogen-bond acceptors (Lipinski definition) is 5. The summed E-state index contributed by atoms with van der Waals surface area (Å²) in [5.74, 6) is 0.776. The summed E-state index contributed by atoms with van der Waals surface area (Å²) in [7, 11) is 2.14. The Morgan fingerprint density at radius 2 is 2.00 bits per heavy atom. The quantitative estimate of drug-likeness (QED) is 0.816. The molecular formula is C14H21N5O. The Labute approximate surface area is 119 Å². The van der Waals surface area contributed by atoms with Crippen molar-refractivity contribution in [1.29, 1.82) is 0 Å². The lowest BCUT2D eigenvalue weighted by Gasteiger charge is -2.33. The molecule has 0 spiro atoms. The van der Waals surface area contributed by atoms with E-state index in [-0.39, 0.29) is 11.9 Å². The third kappa shape index (κ3) is 2.62. The Morgan fingerprint density at radius 1 is 1.25 bits per heavy atom. The van der Waals surface area contributed by atoms with Gasteiger partial charge in [0.1, 0.15) is 5.82 Å². The zero-order valence-corrected chi connectivity index (χ0v) is 11.8. The van der Waals surface area contributed by atoms with E-state index in [1.165, 1.54) is 0 Å². The van der Waals surface area contributed by atoms with Crippen LogP contribution < -0.4 is 15.5 Å². The number of pyridine rings is 1. The summed E-state index contributed by atoms with van der Waals surface area (Å²) in [6, 6.07) is 3.90. The van der Waals surface area contributed by atoms with Gasteiger partial charge < -0.3 is 15.5 Å². The van der Waals surface area contributed by atoms with Crippen molar-refractivity contribution in [3.05, 3.63) is 18.3 Å². The molecule has 6 nitrogen and oxygen atoms in total. The third-order valence-electron chi connectivity index (χ3n) is 4.03. The minimum atomic E-state index is -0.0680. The first-order valence-corrected chi connectivity index (χ1v) is 7.09. The molecule has 2 aliphatic rings. The second-order valence-electron chi connectivity index (χ2n) is 5.63. The van der Waals surface area contributed by atoms with E-state index in [0.717, 1.165) is 31.9 Å². The lowest BCUT2D eigenvalue weighted by molar-refractivity contribution is -0.117. The summed E-state index contributed by atoms with van der Waals surface area (Å²) in [4.78, 5) is 22.6. The van der Waals surface area contributed by atoms with E-state index in [4.69, 9.17) is 5.73 Å². The van der Waals surface area contributed by atoms with Gasteiger partial charge in [-0.3, -0.25) is 9.69 Å². The van der Waals surface area contributed by atoms with Gasteiger partial charge in [0.15, 0.2) is 0 Å². The Kier molecular flexibility index (Phi) is 3.58. The molecule has 2 saturated heterocycles. The first kappa shape index (κ1) is 13.3. The Morgan fingerprint density at radius 3 is 2.55 bits per heavy atom. The zero-order valence-electron chi connectivity index (χ0n) is 11.8. The first-order chi connectivity index (χ1) is 9.63. The van der Waals surface area contributed by atoms with Crippen LogP contribution in [0.25, 0.3) is 0 Å². The number of nitrogens with two attached hydrogens (primary N) is 1. The normalized spacial score (nSPS) is 24.5. The van der Waals surface area contributed by atoms with E-state index < -0.39 is 0 Å². The average Bonchev–Trinajstić information content (AvgIpc) is 2.79. The van der Waals surface area contributed by atoms with Gasteiger partial charge in [-0.25, -0.2) is 4.98 Å². The number of aromatic nitrogens is 1. The first-order valence-electron chi connectivity index (χ1n) is 7.09. The van der Waals surface area contributed by atoms with Crippen molar-refractivity contribution in [3.63, 3.8) is 0 Å². The monoisotopic (exact) mass is 275 g/mol. The molecule has 1 atom stereocenters. The van der Waals surface area contributed by atoms with Crippen molar-refractivity contribution >= 4 is 17.4 Å². The van der Waals surface area contributed by atoms with E-state index in [2.05, 4.69) is 21.8 Å². The zero-order chi connectivity index (χ0) is 14.1. The van der Waals surface area contributed by atoms with Crippen molar-refractivity contribution in [2.45, 2.75) is 12.5 Å². The lowest BCUT2D eigenvalue weighted by atomic mass is 10.3. The van der Waals surface area contributed by atoms with Crippen LogP contribution in [0.5, 0.6) is 0 Å². The molecule has 3 heterocycles. The van der Waals surface area contributed by atoms with Crippen molar-refractivity contribution in [3.8, 4) is 0 Å². The van der Waals surface area contributed by atoms with Crippen molar-refractivity contribution in [2.75, 3.05) is 49.6 Å². The molecule has 0 bridgehead atoms. The van der Waals surface area contributed by atoms with E-state index in [0.29, 0.717) is 18.8 Å². The molecule has 3 rings (SSSR count). The minimum absolute atomic E-state index is 0.0670. The highest BCUT2D eigenvalue weighted by Crippen LogP contribution is 2.22. The molecule has 1 unspecified atom stereocenters. The van der Waals surface area contributed by atoms with Crippen LogP contribution in [0.1, 0.15) is 6.42 Å². The van der Waals surface area contributed by atoms with Crippen LogP contribution in [-0.4, -0.2) is 61.6 Å². The van der Waals surface area contributed by atoms with E-state index in [9.17, 15) is 4.79 Å². The van der Waals surface area contributed by atoms with Gasteiger partial charge >= 0.3 is 0 Å². The summed E-state index contributed by atoms with van der Waals surface area (Å²) in [6.07, 6.45) is 2.28. The van der Waals surface area contributed by atoms with Gasteiger partial charge in [-0.2, -0.15) is 0 Å². The molecule has 2 fully saturated rings. The highest BCUT2D eigenvalue weighted by atomic mass is 16.2. The van der Waals surface area contributed by atoms with Crippen molar-refractivity contribution in [1.82, 2.24) is 9.88 Å². The maximum Gasteiger partial charge on any atom is 0.229 e. The summed E-state index contributed by atoms with van der Waals surface area (Å²) in [5.41, 5.74) is 6.93. The molecule has 0 aromatic carbocycles. The van der Waals surface area contributed by atoms with Gasteiger partial charge in [0.25, 0.3) is 0 Å². The second-order valence-corrected chi connectivity index (χ2v) is 5.63. The number of amides is 1. The summed E-state index contributed by atoms with van der Waals surface area (Å²) >= 11 is 0. The number of likely N-dealkylation sites (N-methyl/N-ethyl adjacent to an activating group) is 1. The predicted octanol–water partition coefficient (Wildman–Crippen LogP) is -0.103. The molecule has 20 heavy (non-hydrogen) atoms. The molecule has 1 amide bonds. The SMILES string of the molecule is CN1CCN(c2ccc(N3CC(N)CC3=O)nc2)CC1. The second kappa shape index (κ2) is 5.38. The number of carbonyl (C=O) groups is 1. The molecule has 108 valence electrons. The van der Waals surface area contributed by atoms with Crippen LogP contribution in [-0.2, 0) is 4.79 Å². The molecule has 0 saturated carbocycles. The van der Waals surface area contributed by atoms with Crippen LogP contribution in [0, 0.1) is 0 Å².